The maximum Gasteiger partial charge on any atom is 0.308 e. The second-order valence-corrected chi connectivity index (χ2v) is 3.80. The van der Waals surface area contributed by atoms with E-state index in [-0.39, 0.29) is 12.2 Å². The molecule has 1 unspecified atom stereocenters. The minimum absolute atomic E-state index is 0.0832. The Morgan fingerprint density at radius 3 is 2.31 bits per heavy atom. The number of carbonyl (C=O) groups is 1. The zero-order chi connectivity index (χ0) is 12.3. The predicted molar refractivity (Wildman–Crippen MR) is 59.2 cm³/mol. The fourth-order valence-corrected chi connectivity index (χ4v) is 1.54. The van der Waals surface area contributed by atoms with Crippen LogP contribution in [0.2, 0.25) is 0 Å². The smallest absolute Gasteiger partial charge is 0.308 e. The first kappa shape index (κ1) is 12.5. The number of rotatable bonds is 3. The summed E-state index contributed by atoms with van der Waals surface area (Å²) in [6.07, 6.45) is -0.981. The van der Waals surface area contributed by atoms with Gasteiger partial charge in [0.25, 0.3) is 0 Å². The van der Waals surface area contributed by atoms with Crippen LogP contribution in [0.25, 0.3) is 0 Å². The van der Waals surface area contributed by atoms with Crippen LogP contribution in [0.15, 0.2) is 12.1 Å². The van der Waals surface area contributed by atoms with E-state index in [1.54, 1.807) is 26.0 Å². The normalized spacial score (nSPS) is 12.2. The molecule has 0 bridgehead atoms. The molecule has 0 aliphatic rings. The maximum atomic E-state index is 11.0. The summed E-state index contributed by atoms with van der Waals surface area (Å²) in [4.78, 5) is 11.0. The van der Waals surface area contributed by atoms with Crippen molar-refractivity contribution in [2.75, 3.05) is 7.11 Å². The molecule has 1 aromatic rings. The highest BCUT2D eigenvalue weighted by molar-refractivity contribution is 5.70. The molecule has 0 aromatic heterocycles. The molecule has 4 heteroatoms. The third kappa shape index (κ3) is 2.73. The van der Waals surface area contributed by atoms with Crippen molar-refractivity contribution in [2.45, 2.75) is 26.4 Å². The molecule has 0 aliphatic carbocycles. The average molecular weight is 224 g/mol. The molecule has 0 aliphatic heterocycles. The number of esters is 1. The van der Waals surface area contributed by atoms with Gasteiger partial charge < -0.3 is 14.9 Å². The Labute approximate surface area is 94.5 Å². The number of aliphatic hydroxyl groups is 1. The number of phenols is 1. The van der Waals surface area contributed by atoms with Crippen LogP contribution in [0, 0.1) is 13.8 Å². The van der Waals surface area contributed by atoms with Gasteiger partial charge in [-0.3, -0.25) is 4.79 Å². The monoisotopic (exact) mass is 224 g/mol. The standard InChI is InChI=1S/C12H16O4/c1-7-4-9(5-8(2)12(7)15)10(13)6-11(14)16-3/h4-5,10,13,15H,6H2,1-3H3. The van der Waals surface area contributed by atoms with Gasteiger partial charge in [0.15, 0.2) is 0 Å². The van der Waals surface area contributed by atoms with Gasteiger partial charge in [0, 0.05) is 0 Å². The zero-order valence-corrected chi connectivity index (χ0v) is 9.65. The molecule has 0 amide bonds. The van der Waals surface area contributed by atoms with E-state index in [9.17, 15) is 15.0 Å². The third-order valence-electron chi connectivity index (χ3n) is 2.49. The molecule has 1 atom stereocenters. The number of benzene rings is 1. The fraction of sp³-hybridized carbons (Fsp3) is 0.417. The molecule has 0 radical (unpaired) electrons. The largest absolute Gasteiger partial charge is 0.507 e. The van der Waals surface area contributed by atoms with Crippen molar-refractivity contribution in [3.05, 3.63) is 28.8 Å². The number of carbonyl (C=O) groups excluding carboxylic acids is 1. The van der Waals surface area contributed by atoms with Gasteiger partial charge in [-0.15, -0.1) is 0 Å². The molecular formula is C12H16O4. The van der Waals surface area contributed by atoms with Crippen LogP contribution < -0.4 is 0 Å². The van der Waals surface area contributed by atoms with Gasteiger partial charge in [-0.2, -0.15) is 0 Å². The fourth-order valence-electron chi connectivity index (χ4n) is 1.54. The van der Waals surface area contributed by atoms with Crippen LogP contribution in [0.1, 0.15) is 29.2 Å². The van der Waals surface area contributed by atoms with Gasteiger partial charge in [0.2, 0.25) is 0 Å². The first-order valence-electron chi connectivity index (χ1n) is 5.00. The van der Waals surface area contributed by atoms with Crippen LogP contribution >= 0.6 is 0 Å². The van der Waals surface area contributed by atoms with E-state index in [0.717, 1.165) is 0 Å². The van der Waals surface area contributed by atoms with Gasteiger partial charge in [-0.05, 0) is 42.7 Å². The predicted octanol–water partition coefficient (Wildman–Crippen LogP) is 1.61. The number of ether oxygens (including phenoxy) is 1. The van der Waals surface area contributed by atoms with Gasteiger partial charge >= 0.3 is 5.97 Å². The second kappa shape index (κ2) is 4.99. The molecule has 2 N–H and O–H groups in total. The highest BCUT2D eigenvalue weighted by Crippen LogP contribution is 2.27. The summed E-state index contributed by atoms with van der Waals surface area (Å²) in [5, 5.41) is 19.3. The van der Waals surface area contributed by atoms with Crippen LogP contribution in [0.4, 0.5) is 0 Å². The molecule has 1 aromatic carbocycles. The summed E-state index contributed by atoms with van der Waals surface area (Å²) in [5.41, 5.74) is 1.97. The van der Waals surface area contributed by atoms with Crippen molar-refractivity contribution in [1.82, 2.24) is 0 Å². The lowest BCUT2D eigenvalue weighted by molar-refractivity contribution is -0.142. The van der Waals surface area contributed by atoms with Crippen molar-refractivity contribution in [2.24, 2.45) is 0 Å². The summed E-state index contributed by atoms with van der Waals surface area (Å²) in [6.45, 7) is 3.49. The van der Waals surface area contributed by atoms with Crippen LogP contribution in [-0.4, -0.2) is 23.3 Å². The number of hydrogen-bond donors (Lipinski definition) is 2. The molecule has 0 spiro atoms. The lowest BCUT2D eigenvalue weighted by Crippen LogP contribution is -2.08. The Morgan fingerprint density at radius 1 is 1.38 bits per heavy atom. The second-order valence-electron chi connectivity index (χ2n) is 3.80. The van der Waals surface area contributed by atoms with Crippen LogP contribution in [-0.2, 0) is 9.53 Å². The zero-order valence-electron chi connectivity index (χ0n) is 9.65. The lowest BCUT2D eigenvalue weighted by atomic mass is 10.0. The Kier molecular flexibility index (Phi) is 3.90. The average Bonchev–Trinajstić information content (AvgIpc) is 2.24. The topological polar surface area (TPSA) is 66.8 Å². The molecule has 0 saturated carbocycles. The number of phenolic OH excluding ortho intramolecular Hbond substituents is 1. The SMILES string of the molecule is COC(=O)CC(O)c1cc(C)c(O)c(C)c1. The highest BCUT2D eigenvalue weighted by Gasteiger charge is 2.15. The molecule has 0 fully saturated rings. The highest BCUT2D eigenvalue weighted by atomic mass is 16.5. The summed E-state index contributed by atoms with van der Waals surface area (Å²) in [7, 11) is 1.28. The Hall–Kier alpha value is -1.55. The van der Waals surface area contributed by atoms with E-state index in [1.165, 1.54) is 7.11 Å². The van der Waals surface area contributed by atoms with Crippen LogP contribution in [0.5, 0.6) is 5.75 Å². The number of methoxy groups -OCH3 is 1. The van der Waals surface area contributed by atoms with E-state index in [1.807, 2.05) is 0 Å². The summed E-state index contributed by atoms with van der Waals surface area (Å²) in [5.74, 6) is -0.245. The van der Waals surface area contributed by atoms with E-state index < -0.39 is 12.1 Å². The Morgan fingerprint density at radius 2 is 1.88 bits per heavy atom. The number of aryl methyl sites for hydroxylation is 2. The van der Waals surface area contributed by atoms with Crippen molar-refractivity contribution >= 4 is 5.97 Å². The summed E-state index contributed by atoms with van der Waals surface area (Å²) < 4.78 is 4.48. The molecule has 88 valence electrons. The molecule has 1 rings (SSSR count). The maximum absolute atomic E-state index is 11.0. The van der Waals surface area contributed by atoms with Crippen molar-refractivity contribution in [1.29, 1.82) is 0 Å². The van der Waals surface area contributed by atoms with Gasteiger partial charge in [0.1, 0.15) is 5.75 Å². The summed E-state index contributed by atoms with van der Waals surface area (Å²) in [6, 6.07) is 3.33. The molecular weight excluding hydrogens is 208 g/mol. The van der Waals surface area contributed by atoms with Crippen molar-refractivity contribution in [3.8, 4) is 5.75 Å². The molecule has 0 saturated heterocycles. The molecule has 4 nitrogen and oxygen atoms in total. The minimum atomic E-state index is -0.898. The van der Waals surface area contributed by atoms with Gasteiger partial charge in [0.05, 0.1) is 19.6 Å². The summed E-state index contributed by atoms with van der Waals surface area (Å²) >= 11 is 0. The van der Waals surface area contributed by atoms with E-state index in [4.69, 9.17) is 0 Å². The molecule has 0 heterocycles. The number of aromatic hydroxyl groups is 1. The third-order valence-corrected chi connectivity index (χ3v) is 2.49. The van der Waals surface area contributed by atoms with Gasteiger partial charge in [-0.25, -0.2) is 0 Å². The Balaban J connectivity index is 2.92. The van der Waals surface area contributed by atoms with E-state index in [2.05, 4.69) is 4.74 Å². The van der Waals surface area contributed by atoms with E-state index in [0.29, 0.717) is 16.7 Å². The Bertz CT molecular complexity index is 375. The van der Waals surface area contributed by atoms with Crippen molar-refractivity contribution in [3.63, 3.8) is 0 Å². The first-order chi connectivity index (χ1) is 7.45. The van der Waals surface area contributed by atoms with E-state index >= 15 is 0 Å². The number of aliphatic hydroxyl groups excluding tert-OH is 1. The quantitative estimate of drug-likeness (QED) is 0.765. The van der Waals surface area contributed by atoms with Gasteiger partial charge in [-0.1, -0.05) is 0 Å². The molecule has 16 heavy (non-hydrogen) atoms. The number of hydrogen-bond acceptors (Lipinski definition) is 4. The van der Waals surface area contributed by atoms with Crippen molar-refractivity contribution < 1.29 is 19.7 Å². The minimum Gasteiger partial charge on any atom is -0.507 e. The first-order valence-corrected chi connectivity index (χ1v) is 5.00. The van der Waals surface area contributed by atoms with Crippen LogP contribution in [0.3, 0.4) is 0 Å². The lowest BCUT2D eigenvalue weighted by Gasteiger charge is -2.12.